The molecule has 4 aliphatic heterocycles. The van der Waals surface area contributed by atoms with E-state index in [9.17, 15) is 4.79 Å². The molecule has 0 saturated carbocycles. The molecule has 4 aliphatic rings. The number of piperidine rings is 1. The lowest BCUT2D eigenvalue weighted by molar-refractivity contribution is -0.00332. The van der Waals surface area contributed by atoms with Gasteiger partial charge in [-0.05, 0) is 91.7 Å². The SMILES string of the molecule is CC(C)[C@@H]1C[C@H](CCn2cnc(N)c3nc(Sc4cc5c(cc4Br)OCO5)nc2-3)CCN1C(=O)OC(C)(C)C. The molecule has 4 heterocycles. The number of aryl methyl sites for hydroxylation is 1. The van der Waals surface area contributed by atoms with E-state index in [4.69, 9.17) is 24.9 Å². The molecule has 1 amide bonds. The largest absolute Gasteiger partial charge is 0.454 e. The number of imidazole rings is 1. The van der Waals surface area contributed by atoms with Crippen molar-refractivity contribution in [1.82, 2.24) is 24.4 Å². The van der Waals surface area contributed by atoms with Crippen LogP contribution < -0.4 is 15.2 Å². The Labute approximate surface area is 241 Å². The van der Waals surface area contributed by atoms with Crippen molar-refractivity contribution in [3.05, 3.63) is 22.9 Å². The average molecular weight is 620 g/mol. The van der Waals surface area contributed by atoms with Gasteiger partial charge in [-0.15, -0.1) is 0 Å². The topological polar surface area (TPSA) is 118 Å². The maximum atomic E-state index is 12.8. The summed E-state index contributed by atoms with van der Waals surface area (Å²) >= 11 is 5.03. The van der Waals surface area contributed by atoms with Crippen LogP contribution >= 0.6 is 27.7 Å². The minimum absolute atomic E-state index is 0.148. The van der Waals surface area contributed by atoms with Crippen molar-refractivity contribution in [2.75, 3.05) is 19.1 Å². The molecule has 39 heavy (non-hydrogen) atoms. The van der Waals surface area contributed by atoms with Gasteiger partial charge in [-0.1, -0.05) is 13.8 Å². The number of carbonyl (C=O) groups excluding carboxylic acids is 1. The number of hydrogen-bond acceptors (Lipinski definition) is 9. The summed E-state index contributed by atoms with van der Waals surface area (Å²) in [6.07, 6.45) is 4.34. The first-order valence-electron chi connectivity index (χ1n) is 13.2. The lowest BCUT2D eigenvalue weighted by Crippen LogP contribution is -2.50. The molecule has 0 aliphatic carbocycles. The van der Waals surface area contributed by atoms with Crippen LogP contribution in [-0.2, 0) is 11.3 Å². The van der Waals surface area contributed by atoms with Crippen LogP contribution in [0.25, 0.3) is 11.5 Å². The predicted molar refractivity (Wildman–Crippen MR) is 152 cm³/mol. The minimum atomic E-state index is -0.504. The van der Waals surface area contributed by atoms with E-state index in [-0.39, 0.29) is 18.9 Å². The van der Waals surface area contributed by atoms with E-state index in [1.54, 1.807) is 6.33 Å². The number of benzene rings is 1. The lowest BCUT2D eigenvalue weighted by atomic mass is 9.84. The Morgan fingerprint density at radius 2 is 2.00 bits per heavy atom. The van der Waals surface area contributed by atoms with Gasteiger partial charge in [-0.3, -0.25) is 0 Å². The predicted octanol–water partition coefficient (Wildman–Crippen LogP) is 6.06. The van der Waals surface area contributed by atoms with Crippen LogP contribution in [0.2, 0.25) is 0 Å². The van der Waals surface area contributed by atoms with Gasteiger partial charge >= 0.3 is 6.09 Å². The second-order valence-corrected chi connectivity index (χ2v) is 13.3. The highest BCUT2D eigenvalue weighted by atomic mass is 79.9. The number of rotatable bonds is 6. The van der Waals surface area contributed by atoms with Crippen molar-refractivity contribution in [3.63, 3.8) is 0 Å². The Bertz CT molecular complexity index is 1330. The molecule has 0 bridgehead atoms. The minimum Gasteiger partial charge on any atom is -0.454 e. The van der Waals surface area contributed by atoms with Gasteiger partial charge in [-0.2, -0.15) is 0 Å². The Morgan fingerprint density at radius 1 is 1.26 bits per heavy atom. The van der Waals surface area contributed by atoms with Gasteiger partial charge in [0.2, 0.25) is 6.79 Å². The number of halogens is 1. The van der Waals surface area contributed by atoms with Crippen LogP contribution in [0.5, 0.6) is 11.5 Å². The summed E-state index contributed by atoms with van der Waals surface area (Å²) in [4.78, 5) is 29.6. The van der Waals surface area contributed by atoms with Crippen molar-refractivity contribution in [1.29, 1.82) is 0 Å². The highest BCUT2D eigenvalue weighted by molar-refractivity contribution is 9.10. The summed E-state index contributed by atoms with van der Waals surface area (Å²) in [5.41, 5.74) is 6.27. The number of nitrogen functional groups attached to an aromatic ring is 1. The number of aromatic nitrogens is 4. The second kappa shape index (κ2) is 11.0. The van der Waals surface area contributed by atoms with Crippen LogP contribution in [0.4, 0.5) is 10.6 Å². The number of amides is 1. The highest BCUT2D eigenvalue weighted by Crippen LogP contribution is 2.43. The Kier molecular flexibility index (Phi) is 7.87. The van der Waals surface area contributed by atoms with Crippen molar-refractivity contribution in [2.45, 2.75) is 82.1 Å². The van der Waals surface area contributed by atoms with Gasteiger partial charge in [-0.25, -0.2) is 19.7 Å². The number of nitrogens with zero attached hydrogens (tertiary/aromatic N) is 5. The van der Waals surface area contributed by atoms with Crippen molar-refractivity contribution < 1.29 is 19.0 Å². The van der Waals surface area contributed by atoms with Crippen LogP contribution in [0, 0.1) is 11.8 Å². The summed E-state index contributed by atoms with van der Waals surface area (Å²) in [6, 6.07) is 3.96. The molecule has 0 radical (unpaired) electrons. The van der Waals surface area contributed by atoms with Crippen LogP contribution in [0.15, 0.2) is 33.0 Å². The molecule has 0 unspecified atom stereocenters. The Hall–Kier alpha value is -2.73. The van der Waals surface area contributed by atoms with E-state index in [2.05, 4.69) is 39.7 Å². The first kappa shape index (κ1) is 27.8. The third-order valence-corrected chi connectivity index (χ3v) is 8.87. The van der Waals surface area contributed by atoms with Gasteiger partial charge in [0.05, 0.1) is 6.33 Å². The second-order valence-electron chi connectivity index (χ2n) is 11.4. The van der Waals surface area contributed by atoms with E-state index < -0.39 is 5.60 Å². The summed E-state index contributed by atoms with van der Waals surface area (Å²) in [5.74, 6) is 3.30. The normalized spacial score (nSPS) is 19.2. The fraction of sp³-hybridized carbons (Fsp3) is 0.556. The maximum absolute atomic E-state index is 12.8. The standard InChI is InChI=1S/C27H35BrN6O4S/c1-15(2)18-10-16(7-9-34(18)26(35)38-27(3,4)5)6-8-33-13-30-23(29)22-24(33)32-25(31-22)39-21-12-20-19(11-17(21)28)36-14-37-20/h11-13,15-16,18H,6-10,14,29H2,1-5H3/t16-,18+/m1/s1. The first-order chi connectivity index (χ1) is 18.5. The van der Waals surface area contributed by atoms with Crippen LogP contribution in [0.3, 0.4) is 0 Å². The molecular formula is C27H35BrN6O4S. The highest BCUT2D eigenvalue weighted by Gasteiger charge is 2.35. The molecule has 0 aromatic heterocycles. The van der Waals surface area contributed by atoms with E-state index >= 15 is 0 Å². The van der Waals surface area contributed by atoms with Gasteiger partial charge in [0.1, 0.15) is 5.60 Å². The number of hydrogen-bond donors (Lipinski definition) is 1. The molecule has 12 heteroatoms. The number of nitrogens with two attached hydrogens (primary N) is 1. The molecule has 1 fully saturated rings. The summed E-state index contributed by atoms with van der Waals surface area (Å²) < 4.78 is 19.6. The van der Waals surface area contributed by atoms with E-state index in [0.717, 1.165) is 35.2 Å². The molecule has 1 aromatic carbocycles. The molecule has 10 nitrogen and oxygen atoms in total. The zero-order chi connectivity index (χ0) is 27.9. The Morgan fingerprint density at radius 3 is 2.72 bits per heavy atom. The molecule has 2 N–H and O–H groups in total. The maximum Gasteiger partial charge on any atom is 0.410 e. The molecule has 210 valence electrons. The third-order valence-electron chi connectivity index (χ3n) is 7.03. The fourth-order valence-corrected chi connectivity index (χ4v) is 6.41. The molecule has 1 saturated heterocycles. The Balaban J connectivity index is 1.28. The molecular weight excluding hydrogens is 584 g/mol. The van der Waals surface area contributed by atoms with Crippen molar-refractivity contribution in [3.8, 4) is 23.0 Å². The number of fused-ring (bicyclic) bond motifs is 2. The molecule has 2 atom stereocenters. The monoisotopic (exact) mass is 618 g/mol. The quantitative estimate of drug-likeness (QED) is 0.351. The van der Waals surface area contributed by atoms with Crippen molar-refractivity contribution in [2.24, 2.45) is 11.8 Å². The van der Waals surface area contributed by atoms with E-state index in [0.29, 0.717) is 52.4 Å². The lowest BCUT2D eigenvalue weighted by Gasteiger charge is -2.42. The number of anilines is 1. The zero-order valence-corrected chi connectivity index (χ0v) is 25.3. The molecule has 5 rings (SSSR count). The van der Waals surface area contributed by atoms with Gasteiger partial charge in [0, 0.05) is 28.5 Å². The van der Waals surface area contributed by atoms with E-state index in [1.165, 1.54) is 11.8 Å². The first-order valence-corrected chi connectivity index (χ1v) is 14.8. The average Bonchev–Trinajstić information content (AvgIpc) is 3.50. The third kappa shape index (κ3) is 6.21. The summed E-state index contributed by atoms with van der Waals surface area (Å²) in [6.45, 7) is 11.7. The van der Waals surface area contributed by atoms with Crippen molar-refractivity contribution >= 4 is 39.6 Å². The van der Waals surface area contributed by atoms with E-state index in [1.807, 2.05) is 42.4 Å². The fourth-order valence-electron chi connectivity index (χ4n) is 5.06. The van der Waals surface area contributed by atoms with Gasteiger partial charge in [0.25, 0.3) is 0 Å². The van der Waals surface area contributed by atoms with Crippen LogP contribution in [0.1, 0.15) is 53.9 Å². The number of carbonyl (C=O) groups is 1. The smallest absolute Gasteiger partial charge is 0.410 e. The number of likely N-dealkylation sites (tertiary alicyclic amines) is 1. The van der Waals surface area contributed by atoms with Crippen LogP contribution in [-0.4, -0.2) is 55.5 Å². The summed E-state index contributed by atoms with van der Waals surface area (Å²) in [5, 5.41) is 0.587. The number of ether oxygens (including phenoxy) is 3. The van der Waals surface area contributed by atoms with Gasteiger partial charge < -0.3 is 29.4 Å². The van der Waals surface area contributed by atoms with Gasteiger partial charge in [0.15, 0.2) is 34.0 Å². The zero-order valence-electron chi connectivity index (χ0n) is 22.9. The molecule has 0 spiro atoms. The molecule has 1 aromatic rings. The summed E-state index contributed by atoms with van der Waals surface area (Å²) in [7, 11) is 0.